The van der Waals surface area contributed by atoms with Crippen LogP contribution in [0.2, 0.25) is 0 Å². The highest BCUT2D eigenvalue weighted by atomic mass is 16.1. The maximum Gasteiger partial charge on any atom is 0.251 e. The van der Waals surface area contributed by atoms with Crippen LogP contribution in [0.15, 0.2) is 59.5 Å². The first-order chi connectivity index (χ1) is 13.2. The third-order valence-corrected chi connectivity index (χ3v) is 4.84. The molecular weight excluding hydrogens is 338 g/mol. The molecule has 6 nitrogen and oxygen atoms in total. The topological polar surface area (TPSA) is 73.9 Å². The SMILES string of the molecule is CCc1cc(=O)[nH]c(-c2ccc(N3CC[C@H](Nc4ccccc4)C3)nc2)n1. The van der Waals surface area contributed by atoms with Crippen molar-refractivity contribution in [2.75, 3.05) is 23.3 Å². The van der Waals surface area contributed by atoms with Crippen molar-refractivity contribution in [2.45, 2.75) is 25.8 Å². The number of hydrogen-bond acceptors (Lipinski definition) is 5. The number of aromatic nitrogens is 3. The third kappa shape index (κ3) is 4.00. The van der Waals surface area contributed by atoms with Crippen molar-refractivity contribution in [2.24, 2.45) is 0 Å². The van der Waals surface area contributed by atoms with E-state index in [0.29, 0.717) is 11.9 Å². The van der Waals surface area contributed by atoms with Crippen LogP contribution in [-0.2, 0) is 6.42 Å². The monoisotopic (exact) mass is 361 g/mol. The molecule has 1 atom stereocenters. The van der Waals surface area contributed by atoms with Crippen molar-refractivity contribution >= 4 is 11.5 Å². The molecule has 6 heteroatoms. The van der Waals surface area contributed by atoms with Gasteiger partial charge < -0.3 is 15.2 Å². The predicted molar refractivity (Wildman–Crippen MR) is 108 cm³/mol. The summed E-state index contributed by atoms with van der Waals surface area (Å²) in [5.74, 6) is 1.52. The van der Waals surface area contributed by atoms with Gasteiger partial charge in [0.25, 0.3) is 5.56 Å². The number of benzene rings is 1. The number of rotatable bonds is 5. The van der Waals surface area contributed by atoms with Gasteiger partial charge in [0.15, 0.2) is 0 Å². The van der Waals surface area contributed by atoms with Crippen molar-refractivity contribution in [1.82, 2.24) is 15.0 Å². The van der Waals surface area contributed by atoms with E-state index in [0.717, 1.165) is 48.7 Å². The van der Waals surface area contributed by atoms with Crippen molar-refractivity contribution in [1.29, 1.82) is 0 Å². The van der Waals surface area contributed by atoms with E-state index in [1.54, 1.807) is 6.20 Å². The minimum atomic E-state index is -0.129. The number of nitrogens with zero attached hydrogens (tertiary/aromatic N) is 3. The van der Waals surface area contributed by atoms with E-state index in [-0.39, 0.29) is 5.56 Å². The number of anilines is 2. The summed E-state index contributed by atoms with van der Waals surface area (Å²) in [5, 5.41) is 3.58. The van der Waals surface area contributed by atoms with Gasteiger partial charge in [-0.2, -0.15) is 0 Å². The van der Waals surface area contributed by atoms with Gasteiger partial charge in [-0.3, -0.25) is 4.79 Å². The smallest absolute Gasteiger partial charge is 0.251 e. The zero-order valence-corrected chi connectivity index (χ0v) is 15.4. The molecule has 1 saturated heterocycles. The fourth-order valence-electron chi connectivity index (χ4n) is 3.40. The first-order valence-corrected chi connectivity index (χ1v) is 9.34. The number of hydrogen-bond donors (Lipinski definition) is 2. The Hall–Kier alpha value is -3.15. The molecular formula is C21H23N5O. The van der Waals surface area contributed by atoms with Crippen LogP contribution < -0.4 is 15.8 Å². The first kappa shape index (κ1) is 17.3. The Morgan fingerprint density at radius 1 is 1.22 bits per heavy atom. The number of nitrogens with one attached hydrogen (secondary N) is 2. The maximum absolute atomic E-state index is 11.8. The van der Waals surface area contributed by atoms with Crippen LogP contribution >= 0.6 is 0 Å². The van der Waals surface area contributed by atoms with Gasteiger partial charge in [-0.1, -0.05) is 25.1 Å². The number of aryl methyl sites for hydroxylation is 1. The second kappa shape index (κ2) is 7.61. The average molecular weight is 361 g/mol. The zero-order chi connectivity index (χ0) is 18.6. The molecule has 0 unspecified atom stereocenters. The first-order valence-electron chi connectivity index (χ1n) is 9.34. The molecule has 0 aliphatic carbocycles. The highest BCUT2D eigenvalue weighted by molar-refractivity contribution is 5.57. The molecule has 2 N–H and O–H groups in total. The second-order valence-electron chi connectivity index (χ2n) is 6.79. The van der Waals surface area contributed by atoms with Crippen LogP contribution in [0.4, 0.5) is 11.5 Å². The van der Waals surface area contributed by atoms with Crippen molar-refractivity contribution in [3.05, 3.63) is 70.8 Å². The molecule has 0 radical (unpaired) electrons. The van der Waals surface area contributed by atoms with Crippen LogP contribution in [0, 0.1) is 0 Å². The Kier molecular flexibility index (Phi) is 4.87. The molecule has 3 aromatic rings. The highest BCUT2D eigenvalue weighted by Crippen LogP contribution is 2.22. The largest absolute Gasteiger partial charge is 0.380 e. The van der Waals surface area contributed by atoms with Gasteiger partial charge in [0.1, 0.15) is 11.6 Å². The Bertz CT molecular complexity index is 952. The van der Waals surface area contributed by atoms with Crippen LogP contribution in [-0.4, -0.2) is 34.1 Å². The standard InChI is InChI=1S/C21H23N5O/c1-2-16-12-20(27)25-21(24-16)15-8-9-19(22-13-15)26-11-10-18(14-26)23-17-6-4-3-5-7-17/h3-9,12-13,18,23H,2,10-11,14H2,1H3,(H,24,25,27)/t18-/m0/s1. The lowest BCUT2D eigenvalue weighted by Crippen LogP contribution is -2.26. The minimum Gasteiger partial charge on any atom is -0.380 e. The summed E-state index contributed by atoms with van der Waals surface area (Å²) >= 11 is 0. The van der Waals surface area contributed by atoms with Gasteiger partial charge in [0.2, 0.25) is 0 Å². The van der Waals surface area contributed by atoms with E-state index in [2.05, 4.69) is 37.3 Å². The lowest BCUT2D eigenvalue weighted by Gasteiger charge is -2.18. The van der Waals surface area contributed by atoms with Crippen molar-refractivity contribution < 1.29 is 0 Å². The Morgan fingerprint density at radius 3 is 2.81 bits per heavy atom. The van der Waals surface area contributed by atoms with E-state index in [1.807, 2.05) is 37.3 Å². The lowest BCUT2D eigenvalue weighted by atomic mass is 10.2. The summed E-state index contributed by atoms with van der Waals surface area (Å²) in [6.45, 7) is 3.87. The molecule has 0 bridgehead atoms. The summed E-state index contributed by atoms with van der Waals surface area (Å²) in [6.07, 6.45) is 3.59. The second-order valence-corrected chi connectivity index (χ2v) is 6.79. The van der Waals surface area contributed by atoms with Crippen LogP contribution in [0.25, 0.3) is 11.4 Å². The van der Waals surface area contributed by atoms with Gasteiger partial charge in [-0.25, -0.2) is 9.97 Å². The molecule has 1 aliphatic rings. The highest BCUT2D eigenvalue weighted by Gasteiger charge is 2.23. The van der Waals surface area contributed by atoms with Gasteiger partial charge in [0.05, 0.1) is 0 Å². The molecule has 1 aliphatic heterocycles. The quantitative estimate of drug-likeness (QED) is 0.730. The third-order valence-electron chi connectivity index (χ3n) is 4.84. The van der Waals surface area contributed by atoms with E-state index in [9.17, 15) is 4.79 Å². The number of H-pyrrole nitrogens is 1. The van der Waals surface area contributed by atoms with Gasteiger partial charge in [-0.05, 0) is 37.1 Å². The number of para-hydroxylation sites is 1. The molecule has 1 aromatic carbocycles. The predicted octanol–water partition coefficient (Wildman–Crippen LogP) is 3.09. The summed E-state index contributed by atoms with van der Waals surface area (Å²) in [7, 11) is 0. The zero-order valence-electron chi connectivity index (χ0n) is 15.4. The summed E-state index contributed by atoms with van der Waals surface area (Å²) in [5.41, 5.74) is 2.63. The lowest BCUT2D eigenvalue weighted by molar-refractivity contribution is 0.806. The van der Waals surface area contributed by atoms with Crippen LogP contribution in [0.1, 0.15) is 19.0 Å². The van der Waals surface area contributed by atoms with E-state index < -0.39 is 0 Å². The average Bonchev–Trinajstić information content (AvgIpc) is 3.17. The molecule has 0 amide bonds. The summed E-state index contributed by atoms with van der Waals surface area (Å²) in [6, 6.07) is 16.2. The van der Waals surface area contributed by atoms with Crippen LogP contribution in [0.5, 0.6) is 0 Å². The molecule has 138 valence electrons. The molecule has 2 aromatic heterocycles. The summed E-state index contributed by atoms with van der Waals surface area (Å²) < 4.78 is 0. The Morgan fingerprint density at radius 2 is 2.07 bits per heavy atom. The molecule has 0 spiro atoms. The van der Waals surface area contributed by atoms with Crippen molar-refractivity contribution in [3.63, 3.8) is 0 Å². The molecule has 27 heavy (non-hydrogen) atoms. The Labute approximate surface area is 158 Å². The Balaban J connectivity index is 1.45. The molecule has 4 rings (SSSR count). The van der Waals surface area contributed by atoms with Crippen LogP contribution in [0.3, 0.4) is 0 Å². The fourth-order valence-corrected chi connectivity index (χ4v) is 3.40. The molecule has 0 saturated carbocycles. The molecule has 1 fully saturated rings. The molecule has 3 heterocycles. The maximum atomic E-state index is 11.8. The fraction of sp³-hybridized carbons (Fsp3) is 0.286. The normalized spacial score (nSPS) is 16.5. The summed E-state index contributed by atoms with van der Waals surface area (Å²) in [4.78, 5) is 25.9. The van der Waals surface area contributed by atoms with E-state index >= 15 is 0 Å². The van der Waals surface area contributed by atoms with Gasteiger partial charge in [-0.15, -0.1) is 0 Å². The minimum absolute atomic E-state index is 0.129. The van der Waals surface area contributed by atoms with Gasteiger partial charge >= 0.3 is 0 Å². The van der Waals surface area contributed by atoms with E-state index in [4.69, 9.17) is 0 Å². The van der Waals surface area contributed by atoms with Crippen molar-refractivity contribution in [3.8, 4) is 11.4 Å². The number of pyridine rings is 1. The number of aromatic amines is 1. The van der Waals surface area contributed by atoms with Gasteiger partial charge in [0, 0.05) is 48.3 Å². The van der Waals surface area contributed by atoms with E-state index in [1.165, 1.54) is 6.07 Å².